The minimum Gasteiger partial charge on any atom is -0.455 e. The molecule has 1 aromatic heterocycles. The number of benzene rings is 2. The van der Waals surface area contributed by atoms with Crippen LogP contribution in [-0.4, -0.2) is 22.6 Å². The molecule has 2 aromatic carbocycles. The summed E-state index contributed by atoms with van der Waals surface area (Å²) in [7, 11) is 0. The lowest BCUT2D eigenvalue weighted by Crippen LogP contribution is -2.41. The minimum atomic E-state index is -0.536. The van der Waals surface area contributed by atoms with Crippen molar-refractivity contribution in [3.05, 3.63) is 87.3 Å². The number of anilines is 1. The lowest BCUT2D eigenvalue weighted by molar-refractivity contribution is 0.0829. The number of furan rings is 1. The molecule has 174 valence electrons. The van der Waals surface area contributed by atoms with Crippen molar-refractivity contribution >= 4 is 56.5 Å². The number of thiocarbonyl (C=S) groups is 1. The first kappa shape index (κ1) is 23.7. The number of nitrogens with zero attached hydrogens (tertiary/aromatic N) is 1. The maximum Gasteiger partial charge on any atom is 0.305 e. The van der Waals surface area contributed by atoms with Gasteiger partial charge in [-0.05, 0) is 68.4 Å². The minimum absolute atomic E-state index is 0.140. The van der Waals surface area contributed by atoms with Gasteiger partial charge in [0, 0.05) is 33.3 Å². The molecule has 4 rings (SSSR count). The van der Waals surface area contributed by atoms with Crippen LogP contribution in [0.15, 0.2) is 68.6 Å². The number of aryl methyl sites for hydroxylation is 1. The number of rotatable bonds is 4. The molecule has 0 aliphatic heterocycles. The molecule has 0 radical (unpaired) electrons. The third-order valence-electron chi connectivity index (χ3n) is 5.25. The van der Waals surface area contributed by atoms with E-state index in [1.165, 1.54) is 0 Å². The van der Waals surface area contributed by atoms with Crippen molar-refractivity contribution in [1.82, 2.24) is 16.3 Å². The average Bonchev–Trinajstić information content (AvgIpc) is 3.19. The van der Waals surface area contributed by atoms with Crippen molar-refractivity contribution in [2.75, 3.05) is 5.32 Å². The summed E-state index contributed by atoms with van der Waals surface area (Å²) in [6.07, 6.45) is 2.25. The summed E-state index contributed by atoms with van der Waals surface area (Å²) in [4.78, 5) is 25.0. The Morgan fingerprint density at radius 1 is 1.00 bits per heavy atom. The second-order valence-corrected chi connectivity index (χ2v) is 8.94. The Kier molecular flexibility index (Phi) is 7.39. The van der Waals surface area contributed by atoms with Gasteiger partial charge < -0.3 is 9.73 Å². The van der Waals surface area contributed by atoms with Gasteiger partial charge in [0.2, 0.25) is 0 Å². The van der Waals surface area contributed by atoms with Crippen LogP contribution in [0.2, 0.25) is 0 Å². The van der Waals surface area contributed by atoms with E-state index >= 15 is 0 Å². The van der Waals surface area contributed by atoms with Crippen molar-refractivity contribution < 1.29 is 14.0 Å². The summed E-state index contributed by atoms with van der Waals surface area (Å²) in [5, 5.41) is 7.90. The summed E-state index contributed by atoms with van der Waals surface area (Å²) in [5.41, 5.74) is 11.2. The number of para-hydroxylation sites is 1. The average molecular weight is 540 g/mol. The van der Waals surface area contributed by atoms with Gasteiger partial charge in [-0.25, -0.2) is 0 Å². The first-order valence-electron chi connectivity index (χ1n) is 10.6. The zero-order valence-corrected chi connectivity index (χ0v) is 20.7. The number of hydrazine groups is 1. The first-order chi connectivity index (χ1) is 16.4. The summed E-state index contributed by atoms with van der Waals surface area (Å²) in [6, 6.07) is 16.3. The molecule has 10 heteroatoms. The molecule has 1 aliphatic carbocycles. The van der Waals surface area contributed by atoms with E-state index in [4.69, 9.17) is 16.6 Å². The number of carbonyl (C=O) groups excluding carboxylic acids is 2. The highest BCUT2D eigenvalue weighted by Crippen LogP contribution is 2.29. The van der Waals surface area contributed by atoms with Crippen molar-refractivity contribution in [1.29, 1.82) is 0 Å². The molecule has 4 N–H and O–H groups in total. The van der Waals surface area contributed by atoms with Crippen LogP contribution in [0, 0.1) is 6.92 Å². The number of amides is 2. The van der Waals surface area contributed by atoms with Crippen LogP contribution in [0.3, 0.4) is 0 Å². The number of halogens is 1. The van der Waals surface area contributed by atoms with Gasteiger partial charge in [0.1, 0.15) is 5.76 Å². The number of nitrogens with one attached hydrogen (secondary N) is 4. The molecule has 0 spiro atoms. The van der Waals surface area contributed by atoms with E-state index in [1.54, 1.807) is 31.2 Å². The molecular formula is C24H22BrN5O3S. The SMILES string of the molecule is Cc1c(C(=O)NNC(=O)c2ccc(Br)cc2)oc2c1/C(=N/NC(=S)Nc1ccccc1)CCC2. The van der Waals surface area contributed by atoms with Crippen molar-refractivity contribution in [2.45, 2.75) is 26.2 Å². The molecular weight excluding hydrogens is 518 g/mol. The smallest absolute Gasteiger partial charge is 0.305 e. The van der Waals surface area contributed by atoms with Crippen LogP contribution >= 0.6 is 28.1 Å². The maximum atomic E-state index is 12.7. The number of carbonyl (C=O) groups is 2. The fourth-order valence-electron chi connectivity index (χ4n) is 3.64. The van der Waals surface area contributed by atoms with Crippen LogP contribution in [0.1, 0.15) is 50.6 Å². The standard InChI is InChI=1S/C24H22BrN5O3S/c1-14-20-18(27-30-24(34)26-17-6-3-2-4-7-17)8-5-9-19(20)33-21(14)23(32)29-28-22(31)15-10-12-16(25)13-11-15/h2-4,6-7,10-13H,5,8-9H2,1H3,(H,28,31)(H,29,32)(H2,26,30,34)/b27-18+. The van der Waals surface area contributed by atoms with E-state index in [0.29, 0.717) is 28.4 Å². The van der Waals surface area contributed by atoms with Crippen molar-refractivity contribution in [3.8, 4) is 0 Å². The quantitative estimate of drug-likeness (QED) is 0.288. The van der Waals surface area contributed by atoms with Crippen molar-refractivity contribution in [3.63, 3.8) is 0 Å². The van der Waals surface area contributed by atoms with E-state index in [1.807, 2.05) is 30.3 Å². The predicted molar refractivity (Wildman–Crippen MR) is 138 cm³/mol. The third kappa shape index (κ3) is 5.52. The van der Waals surface area contributed by atoms with E-state index < -0.39 is 11.8 Å². The van der Waals surface area contributed by atoms with Gasteiger partial charge in [0.15, 0.2) is 10.9 Å². The fourth-order valence-corrected chi connectivity index (χ4v) is 4.07. The highest BCUT2D eigenvalue weighted by atomic mass is 79.9. The van der Waals surface area contributed by atoms with Crippen LogP contribution in [-0.2, 0) is 6.42 Å². The fraction of sp³-hybridized carbons (Fsp3) is 0.167. The molecule has 0 atom stereocenters. The van der Waals surface area contributed by atoms with E-state index in [-0.39, 0.29) is 5.76 Å². The number of hydrogen-bond donors (Lipinski definition) is 4. The Bertz CT molecular complexity index is 1260. The van der Waals surface area contributed by atoms with Crippen molar-refractivity contribution in [2.24, 2.45) is 5.10 Å². The summed E-state index contributed by atoms with van der Waals surface area (Å²) in [6.45, 7) is 1.80. The summed E-state index contributed by atoms with van der Waals surface area (Å²) < 4.78 is 6.71. The Morgan fingerprint density at radius 2 is 1.71 bits per heavy atom. The molecule has 0 fully saturated rings. The maximum absolute atomic E-state index is 12.7. The summed E-state index contributed by atoms with van der Waals surface area (Å²) in [5.74, 6) is -0.136. The Labute approximate surface area is 210 Å². The van der Waals surface area contributed by atoms with Gasteiger partial charge in [-0.15, -0.1) is 0 Å². The molecule has 0 saturated heterocycles. The van der Waals surface area contributed by atoms with Gasteiger partial charge >= 0.3 is 5.91 Å². The van der Waals surface area contributed by atoms with Crippen LogP contribution in [0.5, 0.6) is 0 Å². The van der Waals surface area contributed by atoms with Gasteiger partial charge in [-0.1, -0.05) is 34.1 Å². The monoisotopic (exact) mass is 539 g/mol. The molecule has 0 bridgehead atoms. The molecule has 3 aromatic rings. The highest BCUT2D eigenvalue weighted by molar-refractivity contribution is 9.10. The molecule has 2 amide bonds. The van der Waals surface area contributed by atoms with E-state index in [9.17, 15) is 9.59 Å². The molecule has 0 unspecified atom stereocenters. The topological polar surface area (TPSA) is 108 Å². The zero-order valence-electron chi connectivity index (χ0n) is 18.3. The van der Waals surface area contributed by atoms with Crippen LogP contribution < -0.4 is 21.6 Å². The predicted octanol–water partition coefficient (Wildman–Crippen LogP) is 4.45. The molecule has 1 aliphatic rings. The van der Waals surface area contributed by atoms with Gasteiger partial charge in [-0.2, -0.15) is 5.10 Å². The van der Waals surface area contributed by atoms with Gasteiger partial charge in [0.05, 0.1) is 5.71 Å². The third-order valence-corrected chi connectivity index (χ3v) is 5.97. The molecule has 34 heavy (non-hydrogen) atoms. The molecule has 1 heterocycles. The largest absolute Gasteiger partial charge is 0.455 e. The Hall–Kier alpha value is -3.50. The summed E-state index contributed by atoms with van der Waals surface area (Å²) >= 11 is 8.65. The van der Waals surface area contributed by atoms with Gasteiger partial charge in [0.25, 0.3) is 5.91 Å². The second kappa shape index (κ2) is 10.6. The van der Waals surface area contributed by atoms with Crippen LogP contribution in [0.25, 0.3) is 0 Å². The van der Waals surface area contributed by atoms with E-state index in [2.05, 4.69) is 42.6 Å². The van der Waals surface area contributed by atoms with Crippen LogP contribution in [0.4, 0.5) is 5.69 Å². The van der Waals surface area contributed by atoms with E-state index in [0.717, 1.165) is 34.3 Å². The zero-order chi connectivity index (χ0) is 24.1. The lowest BCUT2D eigenvalue weighted by atomic mass is 9.93. The first-order valence-corrected chi connectivity index (χ1v) is 11.8. The molecule has 8 nitrogen and oxygen atoms in total. The molecule has 0 saturated carbocycles. The number of fused-ring (bicyclic) bond motifs is 1. The Balaban J connectivity index is 1.43. The normalized spacial score (nSPS) is 13.6. The van der Waals surface area contributed by atoms with Gasteiger partial charge in [-0.3, -0.25) is 25.9 Å². The highest BCUT2D eigenvalue weighted by Gasteiger charge is 2.28. The number of hydrogen-bond acceptors (Lipinski definition) is 5. The Morgan fingerprint density at radius 3 is 2.44 bits per heavy atom. The lowest BCUT2D eigenvalue weighted by Gasteiger charge is -2.14. The second-order valence-electron chi connectivity index (χ2n) is 7.61. The number of hydrazone groups is 1.